The number of anilines is 1. The Hall–Kier alpha value is -1.61. The summed E-state index contributed by atoms with van der Waals surface area (Å²) in [5.41, 5.74) is 1.83. The van der Waals surface area contributed by atoms with E-state index in [1.165, 1.54) is 4.31 Å². The molecule has 8 nitrogen and oxygen atoms in total. The van der Waals surface area contributed by atoms with Gasteiger partial charge >= 0.3 is 16.2 Å². The number of hydrogen-bond acceptors (Lipinski definition) is 4. The van der Waals surface area contributed by atoms with Crippen LogP contribution in [0, 0.1) is 19.8 Å². The third-order valence-corrected chi connectivity index (χ3v) is 5.39. The van der Waals surface area contributed by atoms with Crippen LogP contribution in [0.1, 0.15) is 24.2 Å². The third kappa shape index (κ3) is 3.18. The average molecular weight is 316 g/mol. The normalized spacial score (nSPS) is 17.9. The number of aromatic nitrogens is 2. The molecule has 2 N–H and O–H groups in total. The van der Waals surface area contributed by atoms with Crippen molar-refractivity contribution in [3.8, 4) is 0 Å². The number of carboxylic acid groups (broad SMARTS) is 1. The van der Waals surface area contributed by atoms with Crippen molar-refractivity contribution in [2.75, 3.05) is 17.8 Å². The highest BCUT2D eigenvalue weighted by atomic mass is 32.2. The first-order valence-electron chi connectivity index (χ1n) is 6.73. The molecule has 9 heteroatoms. The van der Waals surface area contributed by atoms with E-state index in [0.717, 1.165) is 5.69 Å². The molecule has 0 amide bonds. The second-order valence-corrected chi connectivity index (χ2v) is 6.96. The topological polar surface area (TPSA) is 105 Å². The van der Waals surface area contributed by atoms with Gasteiger partial charge < -0.3 is 5.11 Å². The number of piperidine rings is 1. The first-order valence-corrected chi connectivity index (χ1v) is 8.17. The van der Waals surface area contributed by atoms with Gasteiger partial charge in [-0.3, -0.25) is 14.2 Å². The van der Waals surface area contributed by atoms with Crippen LogP contribution in [-0.4, -0.2) is 46.7 Å². The maximum Gasteiger partial charge on any atom is 0.306 e. The van der Waals surface area contributed by atoms with Gasteiger partial charge in [0.1, 0.15) is 0 Å². The highest BCUT2D eigenvalue weighted by molar-refractivity contribution is 7.90. The van der Waals surface area contributed by atoms with Crippen molar-refractivity contribution in [1.29, 1.82) is 0 Å². The Morgan fingerprint density at radius 3 is 2.33 bits per heavy atom. The van der Waals surface area contributed by atoms with Crippen molar-refractivity contribution < 1.29 is 18.3 Å². The van der Waals surface area contributed by atoms with Gasteiger partial charge in [0, 0.05) is 20.1 Å². The van der Waals surface area contributed by atoms with Crippen LogP contribution in [0.3, 0.4) is 0 Å². The monoisotopic (exact) mass is 316 g/mol. The molecule has 1 saturated heterocycles. The Morgan fingerprint density at radius 1 is 1.33 bits per heavy atom. The smallest absolute Gasteiger partial charge is 0.306 e. The summed E-state index contributed by atoms with van der Waals surface area (Å²) in [6.45, 7) is 3.95. The molecule has 1 aromatic rings. The maximum absolute atomic E-state index is 12.4. The Bertz CT molecular complexity index is 644. The zero-order valence-electron chi connectivity index (χ0n) is 12.3. The fourth-order valence-corrected chi connectivity index (χ4v) is 3.83. The zero-order chi connectivity index (χ0) is 15.8. The Labute approximate surface area is 123 Å². The first-order chi connectivity index (χ1) is 9.72. The lowest BCUT2D eigenvalue weighted by molar-refractivity contribution is -0.142. The second-order valence-electron chi connectivity index (χ2n) is 5.29. The summed E-state index contributed by atoms with van der Waals surface area (Å²) in [6.07, 6.45) is 0.669. The standard InChI is InChI=1S/C12H20N4O4S/c1-8-11(9(2)15(3)13-8)14-21(19,20)16-6-4-10(5-7-16)12(17)18/h10,14H,4-7H2,1-3H3,(H,17,18). The van der Waals surface area contributed by atoms with Gasteiger partial charge in [0.2, 0.25) is 0 Å². The minimum absolute atomic E-state index is 0.213. The van der Waals surface area contributed by atoms with Gasteiger partial charge in [-0.05, 0) is 26.7 Å². The predicted octanol–water partition coefficient (Wildman–Crippen LogP) is 0.490. The lowest BCUT2D eigenvalue weighted by atomic mass is 9.99. The molecule has 0 aromatic carbocycles. The highest BCUT2D eigenvalue weighted by Crippen LogP contribution is 2.24. The van der Waals surface area contributed by atoms with Crippen molar-refractivity contribution in [2.45, 2.75) is 26.7 Å². The molecule has 1 aliphatic heterocycles. The molecule has 2 heterocycles. The van der Waals surface area contributed by atoms with Crippen molar-refractivity contribution in [1.82, 2.24) is 14.1 Å². The van der Waals surface area contributed by atoms with Crippen LogP contribution in [0.4, 0.5) is 5.69 Å². The Kier molecular flexibility index (Phi) is 4.24. The van der Waals surface area contributed by atoms with E-state index >= 15 is 0 Å². The molecule has 0 saturated carbocycles. The minimum Gasteiger partial charge on any atom is -0.481 e. The largest absolute Gasteiger partial charge is 0.481 e. The summed E-state index contributed by atoms with van der Waals surface area (Å²) >= 11 is 0. The molecule has 0 bridgehead atoms. The Morgan fingerprint density at radius 2 is 1.90 bits per heavy atom. The van der Waals surface area contributed by atoms with Crippen molar-refractivity contribution >= 4 is 21.9 Å². The summed E-state index contributed by atoms with van der Waals surface area (Å²) in [7, 11) is -1.93. The van der Waals surface area contributed by atoms with Crippen LogP contribution in [0.2, 0.25) is 0 Å². The molecule has 0 aliphatic carbocycles. The van der Waals surface area contributed by atoms with E-state index in [9.17, 15) is 13.2 Å². The van der Waals surface area contributed by atoms with Crippen LogP contribution >= 0.6 is 0 Å². The van der Waals surface area contributed by atoms with Gasteiger partial charge in [0.05, 0.1) is 23.0 Å². The molecule has 2 rings (SSSR count). The summed E-state index contributed by atoms with van der Waals surface area (Å²) in [6, 6.07) is 0. The molecule has 0 radical (unpaired) electrons. The van der Waals surface area contributed by atoms with Crippen molar-refractivity contribution in [3.05, 3.63) is 11.4 Å². The number of hydrogen-bond donors (Lipinski definition) is 2. The van der Waals surface area contributed by atoms with E-state index in [2.05, 4.69) is 9.82 Å². The van der Waals surface area contributed by atoms with Crippen LogP contribution in [0.25, 0.3) is 0 Å². The second kappa shape index (κ2) is 5.64. The van der Waals surface area contributed by atoms with Crippen LogP contribution in [-0.2, 0) is 22.1 Å². The van der Waals surface area contributed by atoms with Crippen LogP contribution in [0.5, 0.6) is 0 Å². The van der Waals surface area contributed by atoms with E-state index in [1.54, 1.807) is 25.6 Å². The fraction of sp³-hybridized carbons (Fsp3) is 0.667. The first kappa shape index (κ1) is 15.8. The number of nitrogens with zero attached hydrogens (tertiary/aromatic N) is 3. The van der Waals surface area contributed by atoms with Crippen molar-refractivity contribution in [2.24, 2.45) is 13.0 Å². The molecule has 1 fully saturated rings. The third-order valence-electron chi connectivity index (χ3n) is 3.88. The van der Waals surface area contributed by atoms with E-state index in [0.29, 0.717) is 24.2 Å². The summed E-state index contributed by atoms with van der Waals surface area (Å²) in [4.78, 5) is 10.9. The molecule has 21 heavy (non-hydrogen) atoms. The van der Waals surface area contributed by atoms with Gasteiger partial charge in [-0.25, -0.2) is 0 Å². The van der Waals surface area contributed by atoms with Gasteiger partial charge in [-0.1, -0.05) is 0 Å². The molecule has 118 valence electrons. The van der Waals surface area contributed by atoms with Gasteiger partial charge in [-0.2, -0.15) is 17.8 Å². The predicted molar refractivity (Wildman–Crippen MR) is 77.2 cm³/mol. The quantitative estimate of drug-likeness (QED) is 0.841. The number of carbonyl (C=O) groups is 1. The number of rotatable bonds is 4. The van der Waals surface area contributed by atoms with E-state index in [4.69, 9.17) is 5.11 Å². The van der Waals surface area contributed by atoms with E-state index < -0.39 is 22.1 Å². The molecule has 0 unspecified atom stereocenters. The minimum atomic E-state index is -3.68. The van der Waals surface area contributed by atoms with Gasteiger partial charge in [0.15, 0.2) is 0 Å². The number of aliphatic carboxylic acids is 1. The lowest BCUT2D eigenvalue weighted by Crippen LogP contribution is -2.43. The van der Waals surface area contributed by atoms with Crippen molar-refractivity contribution in [3.63, 3.8) is 0 Å². The van der Waals surface area contributed by atoms with Crippen LogP contribution in [0.15, 0.2) is 0 Å². The molecule has 0 spiro atoms. The van der Waals surface area contributed by atoms with E-state index in [-0.39, 0.29) is 13.1 Å². The lowest BCUT2D eigenvalue weighted by Gasteiger charge is -2.29. The SMILES string of the molecule is Cc1nn(C)c(C)c1NS(=O)(=O)N1CCC(C(=O)O)CC1. The zero-order valence-corrected chi connectivity index (χ0v) is 13.1. The fourth-order valence-electron chi connectivity index (χ4n) is 2.46. The number of aryl methyl sites for hydroxylation is 2. The summed E-state index contributed by atoms with van der Waals surface area (Å²) in [5.74, 6) is -1.32. The maximum atomic E-state index is 12.4. The number of nitrogens with one attached hydrogen (secondary N) is 1. The summed E-state index contributed by atoms with van der Waals surface area (Å²) in [5, 5.41) is 13.1. The highest BCUT2D eigenvalue weighted by Gasteiger charge is 2.31. The average Bonchev–Trinajstić information content (AvgIpc) is 2.65. The molecular formula is C12H20N4O4S. The molecule has 1 aromatic heterocycles. The van der Waals surface area contributed by atoms with Gasteiger partial charge in [0.25, 0.3) is 0 Å². The molecule has 0 atom stereocenters. The van der Waals surface area contributed by atoms with E-state index in [1.807, 2.05) is 0 Å². The molecule has 1 aliphatic rings. The summed E-state index contributed by atoms with van der Waals surface area (Å²) < 4.78 is 30.2. The molecular weight excluding hydrogens is 296 g/mol. The Balaban J connectivity index is 2.11. The number of carboxylic acids is 1. The van der Waals surface area contributed by atoms with Crippen LogP contribution < -0.4 is 4.72 Å². The van der Waals surface area contributed by atoms with Gasteiger partial charge in [-0.15, -0.1) is 0 Å².